The zero-order chi connectivity index (χ0) is 9.90. The molecule has 0 aromatic rings. The minimum Gasteiger partial charge on any atom is -0.388 e. The van der Waals surface area contributed by atoms with Crippen LogP contribution in [0.15, 0.2) is 0 Å². The summed E-state index contributed by atoms with van der Waals surface area (Å²) < 4.78 is 0. The lowest BCUT2D eigenvalue weighted by atomic mass is 10.1. The molecule has 3 N–H and O–H groups in total. The molecule has 13 heavy (non-hydrogen) atoms. The van der Waals surface area contributed by atoms with Gasteiger partial charge in [0.15, 0.2) is 0 Å². The van der Waals surface area contributed by atoms with Gasteiger partial charge in [0.1, 0.15) is 0 Å². The van der Waals surface area contributed by atoms with Crippen LogP contribution in [0.25, 0.3) is 0 Å². The van der Waals surface area contributed by atoms with Crippen molar-refractivity contribution in [3.05, 3.63) is 0 Å². The molecule has 0 radical (unpaired) electrons. The van der Waals surface area contributed by atoms with Gasteiger partial charge in [0.05, 0.1) is 5.84 Å². The largest absolute Gasteiger partial charge is 0.388 e. The summed E-state index contributed by atoms with van der Waals surface area (Å²) in [6.07, 6.45) is 4.60. The molecule has 0 aromatic carbocycles. The minimum atomic E-state index is 0.363. The number of hydrogen-bond donors (Lipinski definition) is 2. The first-order valence-electron chi connectivity index (χ1n) is 5.02. The van der Waals surface area contributed by atoms with E-state index < -0.39 is 0 Å². The van der Waals surface area contributed by atoms with Crippen molar-refractivity contribution in [3.63, 3.8) is 0 Å². The second-order valence-corrected chi connectivity index (χ2v) is 5.66. The van der Waals surface area contributed by atoms with Gasteiger partial charge in [-0.1, -0.05) is 13.8 Å². The van der Waals surface area contributed by atoms with Gasteiger partial charge in [-0.3, -0.25) is 5.41 Å². The lowest BCUT2D eigenvalue weighted by Crippen LogP contribution is -2.18. The van der Waals surface area contributed by atoms with E-state index in [4.69, 9.17) is 11.1 Å². The van der Waals surface area contributed by atoms with E-state index in [1.807, 2.05) is 11.8 Å². The fraction of sp³-hybridized carbons (Fsp3) is 0.900. The Hall–Kier alpha value is -0.180. The average molecular weight is 200 g/mol. The zero-order valence-electron chi connectivity index (χ0n) is 8.60. The van der Waals surface area contributed by atoms with E-state index in [1.54, 1.807) is 0 Å². The Morgan fingerprint density at radius 1 is 1.62 bits per heavy atom. The zero-order valence-corrected chi connectivity index (χ0v) is 9.41. The lowest BCUT2D eigenvalue weighted by Gasteiger charge is -2.16. The molecule has 0 aromatic heterocycles. The molecule has 3 heteroatoms. The molecule has 0 spiro atoms. The van der Waals surface area contributed by atoms with Crippen LogP contribution < -0.4 is 5.73 Å². The van der Waals surface area contributed by atoms with Crippen LogP contribution in [0.5, 0.6) is 0 Å². The number of nitrogens with one attached hydrogen (secondary N) is 1. The topological polar surface area (TPSA) is 49.9 Å². The molecule has 0 aliphatic heterocycles. The summed E-state index contributed by atoms with van der Waals surface area (Å²) in [6, 6.07) is 0. The van der Waals surface area contributed by atoms with Crippen LogP contribution in [0.2, 0.25) is 0 Å². The van der Waals surface area contributed by atoms with E-state index in [0.717, 1.165) is 11.7 Å². The fourth-order valence-corrected chi connectivity index (χ4v) is 2.65. The van der Waals surface area contributed by atoms with Crippen molar-refractivity contribution < 1.29 is 0 Å². The van der Waals surface area contributed by atoms with Gasteiger partial charge in [0, 0.05) is 11.7 Å². The van der Waals surface area contributed by atoms with Crippen molar-refractivity contribution in [3.8, 4) is 0 Å². The molecule has 1 rings (SSSR count). The van der Waals surface area contributed by atoms with Crippen molar-refractivity contribution >= 4 is 17.6 Å². The van der Waals surface area contributed by atoms with E-state index >= 15 is 0 Å². The Morgan fingerprint density at radius 3 is 2.62 bits per heavy atom. The summed E-state index contributed by atoms with van der Waals surface area (Å²) in [5.74, 6) is 1.56. The maximum absolute atomic E-state index is 7.29. The Bertz CT molecular complexity index is 187. The Labute approximate surface area is 85.2 Å². The quantitative estimate of drug-likeness (QED) is 0.511. The van der Waals surface area contributed by atoms with Crippen molar-refractivity contribution in [2.75, 3.05) is 5.75 Å². The molecule has 1 atom stereocenters. The average Bonchev–Trinajstić information content (AvgIpc) is 2.80. The van der Waals surface area contributed by atoms with Gasteiger partial charge in [0.25, 0.3) is 0 Å². The van der Waals surface area contributed by atoms with Gasteiger partial charge in [-0.25, -0.2) is 0 Å². The van der Waals surface area contributed by atoms with Crippen LogP contribution >= 0.6 is 11.8 Å². The molecule has 0 heterocycles. The normalized spacial score (nSPS) is 21.1. The van der Waals surface area contributed by atoms with Gasteiger partial charge in [0.2, 0.25) is 0 Å². The summed E-state index contributed by atoms with van der Waals surface area (Å²) in [6.45, 7) is 4.50. The van der Waals surface area contributed by atoms with Crippen molar-refractivity contribution in [1.29, 1.82) is 5.41 Å². The number of amidine groups is 1. The standard InChI is InChI=1S/C10H20N2S/c1-3-8(2)13-7-10(4-5-10)6-9(11)12/h8H,3-7H2,1-2H3,(H3,11,12). The summed E-state index contributed by atoms with van der Waals surface area (Å²) in [4.78, 5) is 0. The minimum absolute atomic E-state index is 0.363. The highest BCUT2D eigenvalue weighted by molar-refractivity contribution is 7.99. The van der Waals surface area contributed by atoms with Gasteiger partial charge in [-0.2, -0.15) is 11.8 Å². The van der Waals surface area contributed by atoms with Gasteiger partial charge in [-0.05, 0) is 30.4 Å². The van der Waals surface area contributed by atoms with Crippen LogP contribution in [0, 0.1) is 10.8 Å². The van der Waals surface area contributed by atoms with E-state index in [9.17, 15) is 0 Å². The highest BCUT2D eigenvalue weighted by Crippen LogP contribution is 2.51. The molecule has 1 saturated carbocycles. The molecule has 1 aliphatic rings. The first-order valence-corrected chi connectivity index (χ1v) is 6.07. The Kier molecular flexibility index (Phi) is 3.65. The molecule has 2 nitrogen and oxygen atoms in total. The third kappa shape index (κ3) is 3.59. The predicted octanol–water partition coefficient (Wildman–Crippen LogP) is 2.62. The molecule has 0 amide bonds. The van der Waals surface area contributed by atoms with Crippen LogP contribution in [0.4, 0.5) is 0 Å². The number of hydrogen-bond acceptors (Lipinski definition) is 2. The molecule has 0 bridgehead atoms. The highest BCUT2D eigenvalue weighted by atomic mass is 32.2. The molecular weight excluding hydrogens is 180 g/mol. The monoisotopic (exact) mass is 200 g/mol. The van der Waals surface area contributed by atoms with Crippen LogP contribution in [-0.2, 0) is 0 Å². The SMILES string of the molecule is CCC(C)SCC1(CC(=N)N)CC1. The Balaban J connectivity index is 2.23. The number of nitrogens with two attached hydrogens (primary N) is 1. The summed E-state index contributed by atoms with van der Waals surface area (Å²) in [5, 5.41) is 8.04. The predicted molar refractivity (Wildman–Crippen MR) is 60.4 cm³/mol. The summed E-state index contributed by atoms with van der Waals surface area (Å²) in [5.41, 5.74) is 5.85. The first kappa shape index (κ1) is 10.9. The van der Waals surface area contributed by atoms with Crippen LogP contribution in [0.1, 0.15) is 39.5 Å². The summed E-state index contributed by atoms with van der Waals surface area (Å²) in [7, 11) is 0. The second-order valence-electron chi connectivity index (χ2n) is 4.23. The second kappa shape index (κ2) is 4.36. The third-order valence-electron chi connectivity index (χ3n) is 2.77. The summed E-state index contributed by atoms with van der Waals surface area (Å²) >= 11 is 2.04. The van der Waals surface area contributed by atoms with Gasteiger partial charge >= 0.3 is 0 Å². The van der Waals surface area contributed by atoms with E-state index in [2.05, 4.69) is 13.8 Å². The maximum atomic E-state index is 7.29. The van der Waals surface area contributed by atoms with Crippen molar-refractivity contribution in [2.45, 2.75) is 44.8 Å². The van der Waals surface area contributed by atoms with Crippen molar-refractivity contribution in [1.82, 2.24) is 0 Å². The smallest absolute Gasteiger partial charge is 0.0911 e. The first-order chi connectivity index (χ1) is 6.08. The molecular formula is C10H20N2S. The van der Waals surface area contributed by atoms with E-state index in [0.29, 0.717) is 11.3 Å². The molecule has 0 saturated heterocycles. The lowest BCUT2D eigenvalue weighted by molar-refractivity contribution is 0.610. The molecule has 1 fully saturated rings. The van der Waals surface area contributed by atoms with Gasteiger partial charge in [-0.15, -0.1) is 0 Å². The molecule has 1 aliphatic carbocycles. The fourth-order valence-electron chi connectivity index (χ4n) is 1.39. The van der Waals surface area contributed by atoms with Crippen LogP contribution in [0.3, 0.4) is 0 Å². The van der Waals surface area contributed by atoms with E-state index in [1.165, 1.54) is 25.0 Å². The molecule has 1 unspecified atom stereocenters. The molecule has 76 valence electrons. The van der Waals surface area contributed by atoms with Gasteiger partial charge < -0.3 is 5.73 Å². The van der Waals surface area contributed by atoms with E-state index in [-0.39, 0.29) is 0 Å². The maximum Gasteiger partial charge on any atom is 0.0911 e. The van der Waals surface area contributed by atoms with Crippen LogP contribution in [-0.4, -0.2) is 16.8 Å². The number of rotatable bonds is 6. The van der Waals surface area contributed by atoms with Crippen molar-refractivity contribution in [2.24, 2.45) is 11.1 Å². The third-order valence-corrected chi connectivity index (χ3v) is 4.45. The highest BCUT2D eigenvalue weighted by Gasteiger charge is 2.42. The Morgan fingerprint density at radius 2 is 2.23 bits per heavy atom. The number of thioether (sulfide) groups is 1.